The number of halogens is 1. The summed E-state index contributed by atoms with van der Waals surface area (Å²) < 4.78 is 19.4. The molecular formula is C18H19FN2O4. The predicted octanol–water partition coefficient (Wildman–Crippen LogP) is 2.95. The van der Waals surface area contributed by atoms with Crippen molar-refractivity contribution < 1.29 is 18.8 Å². The quantitative estimate of drug-likeness (QED) is 0.617. The molecule has 1 unspecified atom stereocenters. The van der Waals surface area contributed by atoms with Crippen LogP contribution in [0.5, 0.6) is 0 Å². The van der Waals surface area contributed by atoms with Crippen molar-refractivity contribution in [3.05, 3.63) is 75.6 Å². The maximum Gasteiger partial charge on any atom is 0.269 e. The Hall–Kier alpha value is -2.80. The summed E-state index contributed by atoms with van der Waals surface area (Å²) in [6.07, 6.45) is 0.0645. The number of methoxy groups -OCH3 is 1. The molecule has 0 aliphatic heterocycles. The second-order valence-corrected chi connectivity index (χ2v) is 5.79. The second kappa shape index (κ2) is 7.85. The molecule has 0 bridgehead atoms. The van der Waals surface area contributed by atoms with E-state index in [-0.39, 0.29) is 24.6 Å². The number of nitro groups is 1. The van der Waals surface area contributed by atoms with Crippen LogP contribution in [0.1, 0.15) is 18.1 Å². The highest BCUT2D eigenvalue weighted by atomic mass is 19.1. The number of nitro benzene ring substituents is 1. The zero-order chi connectivity index (χ0) is 18.4. The highest BCUT2D eigenvalue weighted by Crippen LogP contribution is 2.26. The molecule has 0 aromatic heterocycles. The second-order valence-electron chi connectivity index (χ2n) is 5.79. The first kappa shape index (κ1) is 18.5. The number of carbonyl (C=O) groups is 1. The van der Waals surface area contributed by atoms with Gasteiger partial charge in [-0.05, 0) is 18.6 Å². The van der Waals surface area contributed by atoms with E-state index in [0.29, 0.717) is 11.1 Å². The zero-order valence-electron chi connectivity index (χ0n) is 14.0. The fourth-order valence-electron chi connectivity index (χ4n) is 2.42. The Morgan fingerprint density at radius 2 is 1.88 bits per heavy atom. The van der Waals surface area contributed by atoms with Crippen molar-refractivity contribution in [2.45, 2.75) is 18.9 Å². The number of benzene rings is 2. The highest BCUT2D eigenvalue weighted by Gasteiger charge is 2.29. The SMILES string of the molecule is COC(C)(CNC(=O)Cc1ccc([N+](=O)[O-])cc1)c1ccccc1F. The molecule has 0 heterocycles. The third-order valence-electron chi connectivity index (χ3n) is 4.03. The van der Waals surface area contributed by atoms with E-state index in [4.69, 9.17) is 4.74 Å². The lowest BCUT2D eigenvalue weighted by molar-refractivity contribution is -0.384. The van der Waals surface area contributed by atoms with E-state index >= 15 is 0 Å². The fourth-order valence-corrected chi connectivity index (χ4v) is 2.42. The van der Waals surface area contributed by atoms with Gasteiger partial charge >= 0.3 is 0 Å². The molecule has 1 N–H and O–H groups in total. The van der Waals surface area contributed by atoms with Crippen molar-refractivity contribution in [2.75, 3.05) is 13.7 Å². The van der Waals surface area contributed by atoms with Gasteiger partial charge in [0.05, 0.1) is 17.9 Å². The standard InChI is InChI=1S/C18H19FN2O4/c1-18(25-2,15-5-3-4-6-16(15)19)12-20-17(22)11-13-7-9-14(10-8-13)21(23)24/h3-10H,11-12H2,1-2H3,(H,20,22). The van der Waals surface area contributed by atoms with Gasteiger partial charge in [-0.15, -0.1) is 0 Å². The average Bonchev–Trinajstić information content (AvgIpc) is 2.60. The van der Waals surface area contributed by atoms with E-state index in [9.17, 15) is 19.3 Å². The number of non-ortho nitro benzene ring substituents is 1. The van der Waals surface area contributed by atoms with Gasteiger partial charge in [-0.3, -0.25) is 14.9 Å². The minimum absolute atomic E-state index is 0.0318. The van der Waals surface area contributed by atoms with Gasteiger partial charge in [-0.1, -0.05) is 30.3 Å². The number of ether oxygens (including phenoxy) is 1. The molecule has 25 heavy (non-hydrogen) atoms. The van der Waals surface area contributed by atoms with Gasteiger partial charge in [-0.25, -0.2) is 4.39 Å². The Kier molecular flexibility index (Phi) is 5.82. The lowest BCUT2D eigenvalue weighted by Crippen LogP contribution is -2.41. The number of carbonyl (C=O) groups excluding carboxylic acids is 1. The summed E-state index contributed by atoms with van der Waals surface area (Å²) in [4.78, 5) is 22.2. The Balaban J connectivity index is 2.00. The zero-order valence-corrected chi connectivity index (χ0v) is 14.0. The molecule has 6 nitrogen and oxygen atoms in total. The Bertz CT molecular complexity index is 764. The summed E-state index contributed by atoms with van der Waals surface area (Å²) in [5.74, 6) is -0.690. The third-order valence-corrected chi connectivity index (χ3v) is 4.03. The van der Waals surface area contributed by atoms with Crippen LogP contribution in [-0.2, 0) is 21.6 Å². The fraction of sp³-hybridized carbons (Fsp3) is 0.278. The normalized spacial score (nSPS) is 13.1. The number of nitrogens with zero attached hydrogens (tertiary/aromatic N) is 1. The topological polar surface area (TPSA) is 81.5 Å². The van der Waals surface area contributed by atoms with Crippen LogP contribution >= 0.6 is 0 Å². The van der Waals surface area contributed by atoms with Gasteiger partial charge < -0.3 is 10.1 Å². The Labute approximate surface area is 144 Å². The van der Waals surface area contributed by atoms with Crippen LogP contribution in [0.4, 0.5) is 10.1 Å². The maximum absolute atomic E-state index is 14.0. The minimum Gasteiger partial charge on any atom is -0.372 e. The van der Waals surface area contributed by atoms with Crippen molar-refractivity contribution in [3.63, 3.8) is 0 Å². The van der Waals surface area contributed by atoms with Crippen LogP contribution < -0.4 is 5.32 Å². The van der Waals surface area contributed by atoms with Crippen molar-refractivity contribution in [2.24, 2.45) is 0 Å². The molecule has 2 rings (SSSR count). The number of rotatable bonds is 7. The molecular weight excluding hydrogens is 327 g/mol. The van der Waals surface area contributed by atoms with Gasteiger partial charge in [-0.2, -0.15) is 0 Å². The van der Waals surface area contributed by atoms with Crippen molar-refractivity contribution in [3.8, 4) is 0 Å². The lowest BCUT2D eigenvalue weighted by Gasteiger charge is -2.29. The van der Waals surface area contributed by atoms with Crippen LogP contribution in [0.25, 0.3) is 0 Å². The molecule has 0 radical (unpaired) electrons. The largest absolute Gasteiger partial charge is 0.372 e. The van der Waals surface area contributed by atoms with Gasteiger partial charge in [0.15, 0.2) is 0 Å². The van der Waals surface area contributed by atoms with Crippen LogP contribution in [0.15, 0.2) is 48.5 Å². The van der Waals surface area contributed by atoms with Crippen molar-refractivity contribution in [1.82, 2.24) is 5.32 Å². The monoisotopic (exact) mass is 346 g/mol. The number of amides is 1. The smallest absolute Gasteiger partial charge is 0.269 e. The van der Waals surface area contributed by atoms with Gasteiger partial charge in [0, 0.05) is 24.8 Å². The molecule has 2 aromatic rings. The average molecular weight is 346 g/mol. The Morgan fingerprint density at radius 1 is 1.24 bits per heavy atom. The van der Waals surface area contributed by atoms with E-state index in [2.05, 4.69) is 5.32 Å². The molecule has 0 aliphatic carbocycles. The molecule has 0 aliphatic rings. The first-order valence-corrected chi connectivity index (χ1v) is 7.66. The summed E-state index contributed by atoms with van der Waals surface area (Å²) in [5.41, 5.74) is -0.0341. The van der Waals surface area contributed by atoms with E-state index in [1.807, 2.05) is 0 Å². The van der Waals surface area contributed by atoms with Crippen LogP contribution in [-0.4, -0.2) is 24.5 Å². The molecule has 1 amide bonds. The molecule has 0 fully saturated rings. The number of hydrogen-bond acceptors (Lipinski definition) is 4. The first-order chi connectivity index (χ1) is 11.9. The molecule has 1 atom stereocenters. The summed E-state index contributed by atoms with van der Waals surface area (Å²) in [7, 11) is 1.45. The van der Waals surface area contributed by atoms with Crippen LogP contribution in [0.3, 0.4) is 0 Å². The summed E-state index contributed by atoms with van der Waals surface area (Å²) in [6.45, 7) is 1.79. The third kappa shape index (κ3) is 4.60. The van der Waals surface area contributed by atoms with Crippen LogP contribution in [0, 0.1) is 15.9 Å². The lowest BCUT2D eigenvalue weighted by atomic mass is 9.95. The molecule has 7 heteroatoms. The van der Waals surface area contributed by atoms with Crippen molar-refractivity contribution >= 4 is 11.6 Å². The summed E-state index contributed by atoms with van der Waals surface area (Å²) in [5, 5.41) is 13.3. The minimum atomic E-state index is -1.00. The number of nitrogens with one attached hydrogen (secondary N) is 1. The first-order valence-electron chi connectivity index (χ1n) is 7.66. The summed E-state index contributed by atoms with van der Waals surface area (Å²) in [6, 6.07) is 12.0. The summed E-state index contributed by atoms with van der Waals surface area (Å²) >= 11 is 0. The van der Waals surface area contributed by atoms with Gasteiger partial charge in [0.2, 0.25) is 5.91 Å². The van der Waals surface area contributed by atoms with E-state index in [1.54, 1.807) is 25.1 Å². The van der Waals surface area contributed by atoms with Crippen molar-refractivity contribution in [1.29, 1.82) is 0 Å². The van der Waals surface area contributed by atoms with E-state index in [0.717, 1.165) is 0 Å². The van der Waals surface area contributed by atoms with Gasteiger partial charge in [0.1, 0.15) is 11.4 Å². The number of hydrogen-bond donors (Lipinski definition) is 1. The van der Waals surface area contributed by atoms with Crippen LogP contribution in [0.2, 0.25) is 0 Å². The Morgan fingerprint density at radius 3 is 2.44 bits per heavy atom. The maximum atomic E-state index is 14.0. The highest BCUT2D eigenvalue weighted by molar-refractivity contribution is 5.78. The molecule has 0 saturated carbocycles. The van der Waals surface area contributed by atoms with E-state index in [1.165, 1.54) is 37.4 Å². The van der Waals surface area contributed by atoms with Gasteiger partial charge in [0.25, 0.3) is 5.69 Å². The molecule has 132 valence electrons. The molecule has 2 aromatic carbocycles. The molecule has 0 saturated heterocycles. The van der Waals surface area contributed by atoms with E-state index < -0.39 is 16.3 Å². The molecule has 0 spiro atoms. The predicted molar refractivity (Wildman–Crippen MR) is 90.6 cm³/mol.